The van der Waals surface area contributed by atoms with Crippen LogP contribution in [0.15, 0.2) is 35.5 Å². The maximum absolute atomic E-state index is 12.4. The average Bonchev–Trinajstić information content (AvgIpc) is 2.95. The zero-order valence-electron chi connectivity index (χ0n) is 15.5. The van der Waals surface area contributed by atoms with E-state index in [1.54, 1.807) is 39.1 Å². The summed E-state index contributed by atoms with van der Waals surface area (Å²) in [4.78, 5) is 12.6. The van der Waals surface area contributed by atoms with E-state index in [1.165, 1.54) is 6.07 Å². The lowest BCUT2D eigenvalue weighted by molar-refractivity contribution is -0.123. The highest BCUT2D eigenvalue weighted by molar-refractivity contribution is 7.90. The topological polar surface area (TPSA) is 81.1 Å². The fourth-order valence-corrected chi connectivity index (χ4v) is 2.83. The zero-order valence-corrected chi connectivity index (χ0v) is 16.3. The lowest BCUT2D eigenvalue weighted by Crippen LogP contribution is -2.28. The third-order valence-electron chi connectivity index (χ3n) is 3.79. The van der Waals surface area contributed by atoms with Gasteiger partial charge in [-0.15, -0.1) is 0 Å². The van der Waals surface area contributed by atoms with Crippen molar-refractivity contribution in [1.82, 2.24) is 9.78 Å². The fraction of sp³-hybridized carbons (Fsp3) is 0.444. The quantitative estimate of drug-likeness (QED) is 0.901. The van der Waals surface area contributed by atoms with E-state index in [-0.39, 0.29) is 16.8 Å². The molecule has 0 aliphatic carbocycles. The number of sulfone groups is 1. The molecule has 1 N–H and O–H groups in total. The second-order valence-electron chi connectivity index (χ2n) is 7.49. The molecule has 0 radical (unpaired) electrons. The predicted octanol–water partition coefficient (Wildman–Crippen LogP) is 3.52. The molecule has 25 heavy (non-hydrogen) atoms. The number of anilines is 1. The zero-order chi connectivity index (χ0) is 19.0. The first-order valence-electron chi connectivity index (χ1n) is 8.09. The van der Waals surface area contributed by atoms with Crippen molar-refractivity contribution in [2.75, 3.05) is 11.6 Å². The largest absolute Gasteiger partial charge is 0.325 e. The minimum absolute atomic E-state index is 0.164. The van der Waals surface area contributed by atoms with Gasteiger partial charge in [0.15, 0.2) is 9.84 Å². The number of aromatic nitrogens is 2. The van der Waals surface area contributed by atoms with Gasteiger partial charge in [0.05, 0.1) is 11.1 Å². The SMILES string of the molecule is CC(C)n1cc(-c2ccc(S(C)(=O)=O)cc2NC(=O)C(C)(C)C)cn1. The van der Waals surface area contributed by atoms with Crippen molar-refractivity contribution < 1.29 is 13.2 Å². The number of hydrogen-bond acceptors (Lipinski definition) is 4. The monoisotopic (exact) mass is 363 g/mol. The van der Waals surface area contributed by atoms with E-state index in [9.17, 15) is 13.2 Å². The van der Waals surface area contributed by atoms with Crippen LogP contribution in [0, 0.1) is 5.41 Å². The van der Waals surface area contributed by atoms with Crippen LogP contribution < -0.4 is 5.32 Å². The Morgan fingerprint density at radius 2 is 1.88 bits per heavy atom. The van der Waals surface area contributed by atoms with Crippen LogP contribution in [-0.2, 0) is 14.6 Å². The molecule has 6 nitrogen and oxygen atoms in total. The predicted molar refractivity (Wildman–Crippen MR) is 99.2 cm³/mol. The first-order valence-corrected chi connectivity index (χ1v) is 9.99. The van der Waals surface area contributed by atoms with E-state index < -0.39 is 15.3 Å². The maximum Gasteiger partial charge on any atom is 0.229 e. The third kappa shape index (κ3) is 4.48. The Hall–Kier alpha value is -2.15. The summed E-state index contributed by atoms with van der Waals surface area (Å²) in [6, 6.07) is 4.96. The van der Waals surface area contributed by atoms with Crippen molar-refractivity contribution in [1.29, 1.82) is 0 Å². The minimum atomic E-state index is -3.38. The van der Waals surface area contributed by atoms with Crippen LogP contribution in [0.5, 0.6) is 0 Å². The number of carbonyl (C=O) groups excluding carboxylic acids is 1. The number of nitrogens with one attached hydrogen (secondary N) is 1. The van der Waals surface area contributed by atoms with Gasteiger partial charge < -0.3 is 5.32 Å². The summed E-state index contributed by atoms with van der Waals surface area (Å²) in [6.07, 6.45) is 4.74. The molecule has 0 bridgehead atoms. The molecule has 1 aromatic carbocycles. The van der Waals surface area contributed by atoms with Crippen molar-refractivity contribution in [3.8, 4) is 11.1 Å². The normalized spacial score (nSPS) is 12.4. The Labute approximate surface area is 149 Å². The van der Waals surface area contributed by atoms with Crippen LogP contribution >= 0.6 is 0 Å². The highest BCUT2D eigenvalue weighted by atomic mass is 32.2. The molecule has 2 rings (SSSR count). The van der Waals surface area contributed by atoms with Crippen molar-refractivity contribution >= 4 is 21.4 Å². The molecule has 0 unspecified atom stereocenters. The second-order valence-corrected chi connectivity index (χ2v) is 9.50. The molecule has 2 aromatic rings. The number of amides is 1. The summed E-state index contributed by atoms with van der Waals surface area (Å²) in [5, 5.41) is 7.18. The molecule has 0 saturated carbocycles. The number of nitrogens with zero attached hydrogens (tertiary/aromatic N) is 2. The van der Waals surface area contributed by atoms with Crippen LogP contribution in [-0.4, -0.2) is 30.4 Å². The molecule has 1 aromatic heterocycles. The lowest BCUT2D eigenvalue weighted by Gasteiger charge is -2.19. The molecule has 0 aliphatic rings. The van der Waals surface area contributed by atoms with Crippen LogP contribution in [0.2, 0.25) is 0 Å². The number of benzene rings is 1. The van der Waals surface area contributed by atoms with Crippen LogP contribution in [0.3, 0.4) is 0 Å². The van der Waals surface area contributed by atoms with Crippen LogP contribution in [0.4, 0.5) is 5.69 Å². The van der Waals surface area contributed by atoms with Crippen molar-refractivity contribution in [2.45, 2.75) is 45.6 Å². The summed E-state index contributed by atoms with van der Waals surface area (Å²) in [7, 11) is -3.38. The molecular formula is C18H25N3O3S. The standard InChI is InChI=1S/C18H25N3O3S/c1-12(2)21-11-13(10-19-21)15-8-7-14(25(6,23)24)9-16(15)20-17(22)18(3,4)5/h7-12H,1-6H3,(H,20,22). The Kier molecular flexibility index (Phi) is 5.09. The van der Waals surface area contributed by atoms with Gasteiger partial charge in [-0.2, -0.15) is 5.10 Å². The van der Waals surface area contributed by atoms with Gasteiger partial charge in [0, 0.05) is 40.7 Å². The number of carbonyl (C=O) groups is 1. The van der Waals surface area contributed by atoms with E-state index in [2.05, 4.69) is 10.4 Å². The Balaban J connectivity index is 2.56. The van der Waals surface area contributed by atoms with Crippen molar-refractivity contribution in [2.24, 2.45) is 5.41 Å². The van der Waals surface area contributed by atoms with E-state index in [4.69, 9.17) is 0 Å². The van der Waals surface area contributed by atoms with Gasteiger partial charge in [0.1, 0.15) is 0 Å². The molecule has 1 amide bonds. The van der Waals surface area contributed by atoms with Crippen LogP contribution in [0.1, 0.15) is 40.7 Å². The molecular weight excluding hydrogens is 338 g/mol. The lowest BCUT2D eigenvalue weighted by atomic mass is 9.95. The van der Waals surface area contributed by atoms with Gasteiger partial charge >= 0.3 is 0 Å². The summed E-state index contributed by atoms with van der Waals surface area (Å²) in [5.41, 5.74) is 1.42. The Bertz CT molecular complexity index is 891. The fourth-order valence-electron chi connectivity index (χ4n) is 2.18. The Morgan fingerprint density at radius 3 is 2.36 bits per heavy atom. The maximum atomic E-state index is 12.4. The van der Waals surface area contributed by atoms with Crippen molar-refractivity contribution in [3.63, 3.8) is 0 Å². The molecule has 0 fully saturated rings. The summed E-state index contributed by atoms with van der Waals surface area (Å²) in [6.45, 7) is 9.45. The molecule has 7 heteroatoms. The molecule has 1 heterocycles. The molecule has 0 saturated heterocycles. The second kappa shape index (κ2) is 6.63. The number of hydrogen-bond donors (Lipinski definition) is 1. The first kappa shape index (κ1) is 19.2. The minimum Gasteiger partial charge on any atom is -0.325 e. The van der Waals surface area contributed by atoms with E-state index in [0.717, 1.165) is 17.4 Å². The summed E-state index contributed by atoms with van der Waals surface area (Å²) < 4.78 is 25.6. The van der Waals surface area contributed by atoms with E-state index in [0.29, 0.717) is 5.69 Å². The average molecular weight is 363 g/mol. The third-order valence-corrected chi connectivity index (χ3v) is 4.90. The van der Waals surface area contributed by atoms with E-state index in [1.807, 2.05) is 24.7 Å². The van der Waals surface area contributed by atoms with Gasteiger partial charge in [-0.05, 0) is 26.0 Å². The summed E-state index contributed by atoms with van der Waals surface area (Å²) >= 11 is 0. The van der Waals surface area contributed by atoms with Gasteiger partial charge in [0.25, 0.3) is 0 Å². The number of rotatable bonds is 4. The van der Waals surface area contributed by atoms with Gasteiger partial charge in [0.2, 0.25) is 5.91 Å². The highest BCUT2D eigenvalue weighted by Crippen LogP contribution is 2.32. The van der Waals surface area contributed by atoms with Crippen LogP contribution in [0.25, 0.3) is 11.1 Å². The molecule has 0 spiro atoms. The van der Waals surface area contributed by atoms with Gasteiger partial charge in [-0.25, -0.2) is 8.42 Å². The smallest absolute Gasteiger partial charge is 0.229 e. The highest BCUT2D eigenvalue weighted by Gasteiger charge is 2.23. The van der Waals surface area contributed by atoms with Crippen molar-refractivity contribution in [3.05, 3.63) is 30.6 Å². The van der Waals surface area contributed by atoms with Gasteiger partial charge in [-0.3, -0.25) is 9.48 Å². The molecule has 0 atom stereocenters. The molecule has 136 valence electrons. The molecule has 0 aliphatic heterocycles. The first-order chi connectivity index (χ1) is 11.4. The Morgan fingerprint density at radius 1 is 1.24 bits per heavy atom. The summed E-state index contributed by atoms with van der Waals surface area (Å²) in [5.74, 6) is -0.185. The van der Waals surface area contributed by atoms with E-state index >= 15 is 0 Å². The van der Waals surface area contributed by atoms with Gasteiger partial charge in [-0.1, -0.05) is 26.8 Å².